The van der Waals surface area contributed by atoms with Crippen molar-refractivity contribution in [3.05, 3.63) is 34.6 Å². The van der Waals surface area contributed by atoms with Gasteiger partial charge < -0.3 is 20.3 Å². The van der Waals surface area contributed by atoms with Crippen LogP contribution < -0.4 is 21.1 Å². The molecule has 0 radical (unpaired) electrons. The summed E-state index contributed by atoms with van der Waals surface area (Å²) in [6.45, 7) is 2.55. The van der Waals surface area contributed by atoms with Crippen molar-refractivity contribution in [3.8, 4) is 0 Å². The van der Waals surface area contributed by atoms with E-state index in [-0.39, 0.29) is 17.5 Å². The molecule has 3 heterocycles. The zero-order chi connectivity index (χ0) is 18.5. The number of rotatable bonds is 6. The number of nitrogens with zero attached hydrogens (tertiary/aromatic N) is 5. The van der Waals surface area contributed by atoms with Crippen molar-refractivity contribution in [2.45, 2.75) is 12.5 Å². The molecule has 1 fully saturated rings. The summed E-state index contributed by atoms with van der Waals surface area (Å²) < 4.78 is 20.5. The Morgan fingerprint density at radius 2 is 2.27 bits per heavy atom. The van der Waals surface area contributed by atoms with Crippen LogP contribution in [0.5, 0.6) is 0 Å². The maximum atomic E-state index is 13.4. The van der Waals surface area contributed by atoms with Gasteiger partial charge in [0.2, 0.25) is 5.95 Å². The Bertz CT molecular complexity index is 813. The first-order valence-corrected chi connectivity index (χ1v) is 8.41. The first-order valence-electron chi connectivity index (χ1n) is 8.41. The number of hydrogen-bond donors (Lipinski definition) is 2. The lowest BCUT2D eigenvalue weighted by Gasteiger charge is -2.34. The van der Waals surface area contributed by atoms with E-state index in [0.29, 0.717) is 32.2 Å². The number of hydrogen-bond acceptors (Lipinski definition) is 8. The van der Waals surface area contributed by atoms with E-state index in [0.717, 1.165) is 18.3 Å². The van der Waals surface area contributed by atoms with Gasteiger partial charge in [0, 0.05) is 39.8 Å². The summed E-state index contributed by atoms with van der Waals surface area (Å²) in [7, 11) is 3.22. The summed E-state index contributed by atoms with van der Waals surface area (Å²) in [5, 5.41) is 9.81. The molecule has 9 nitrogen and oxygen atoms in total. The van der Waals surface area contributed by atoms with E-state index in [1.807, 2.05) is 0 Å². The molecule has 0 bridgehead atoms. The normalized spacial score (nSPS) is 17.2. The minimum absolute atomic E-state index is 0.00419. The number of aromatic nitrogens is 4. The molecule has 26 heavy (non-hydrogen) atoms. The van der Waals surface area contributed by atoms with Gasteiger partial charge in [-0.3, -0.25) is 4.79 Å². The monoisotopic (exact) mass is 363 g/mol. The Morgan fingerprint density at radius 1 is 1.42 bits per heavy atom. The molecule has 3 rings (SSSR count). The summed E-state index contributed by atoms with van der Waals surface area (Å²) in [6, 6.07) is 1.58. The average molecular weight is 363 g/mol. The molecule has 140 valence electrons. The third kappa shape index (κ3) is 4.26. The Morgan fingerprint density at radius 3 is 3.04 bits per heavy atom. The van der Waals surface area contributed by atoms with Gasteiger partial charge in [-0.05, 0) is 6.42 Å². The van der Waals surface area contributed by atoms with E-state index in [9.17, 15) is 9.18 Å². The molecular formula is C16H22FN7O2. The van der Waals surface area contributed by atoms with Crippen LogP contribution in [0.1, 0.15) is 6.42 Å². The number of anilines is 3. The molecule has 10 heteroatoms. The summed E-state index contributed by atoms with van der Waals surface area (Å²) >= 11 is 0. The molecule has 1 aliphatic rings. The third-order valence-corrected chi connectivity index (χ3v) is 4.19. The van der Waals surface area contributed by atoms with Crippen LogP contribution in [0.15, 0.2) is 23.3 Å². The van der Waals surface area contributed by atoms with Crippen LogP contribution in [0.4, 0.5) is 21.8 Å². The van der Waals surface area contributed by atoms with Crippen molar-refractivity contribution in [2.75, 3.05) is 48.8 Å². The highest BCUT2D eigenvalue weighted by Gasteiger charge is 2.21. The average Bonchev–Trinajstić information content (AvgIpc) is 2.65. The lowest BCUT2D eigenvalue weighted by molar-refractivity contribution is 0.0374. The molecule has 0 amide bonds. The van der Waals surface area contributed by atoms with Crippen molar-refractivity contribution in [1.82, 2.24) is 19.7 Å². The Balaban J connectivity index is 1.54. The second kappa shape index (κ2) is 8.09. The fraction of sp³-hybridized carbons (Fsp3) is 0.500. The fourth-order valence-corrected chi connectivity index (χ4v) is 2.73. The molecular weight excluding hydrogens is 341 g/mol. The molecule has 0 aliphatic carbocycles. The standard InChI is InChI=1S/C16H22FN7O2/c1-18-15-13(17)9-20-16(22-15)19-4-3-12-10-24(5-6-26-12)11-7-14(25)23(2)21-8-11/h7-9,12H,3-6,10H2,1-2H3,(H2,18,19,20,22)/t12-/m1/s1. The predicted octanol–water partition coefficient (Wildman–Crippen LogP) is 0.458. The van der Waals surface area contributed by atoms with Crippen LogP contribution in [0.3, 0.4) is 0 Å². The molecule has 1 atom stereocenters. The van der Waals surface area contributed by atoms with Gasteiger partial charge in [0.1, 0.15) is 0 Å². The highest BCUT2D eigenvalue weighted by Crippen LogP contribution is 2.17. The highest BCUT2D eigenvalue weighted by molar-refractivity contribution is 5.43. The van der Waals surface area contributed by atoms with Crippen LogP contribution in [0.2, 0.25) is 0 Å². The van der Waals surface area contributed by atoms with Crippen molar-refractivity contribution in [2.24, 2.45) is 7.05 Å². The molecule has 0 aromatic carbocycles. The van der Waals surface area contributed by atoms with E-state index in [1.165, 1.54) is 4.68 Å². The van der Waals surface area contributed by atoms with Gasteiger partial charge in [0.15, 0.2) is 11.6 Å². The maximum Gasteiger partial charge on any atom is 0.268 e. The summed E-state index contributed by atoms with van der Waals surface area (Å²) in [5.74, 6) is 0.0202. The second-order valence-electron chi connectivity index (χ2n) is 5.97. The number of nitrogens with one attached hydrogen (secondary N) is 2. The maximum absolute atomic E-state index is 13.4. The van der Waals surface area contributed by atoms with Gasteiger partial charge in [-0.25, -0.2) is 14.1 Å². The smallest absolute Gasteiger partial charge is 0.268 e. The number of ether oxygens (including phenoxy) is 1. The molecule has 0 unspecified atom stereocenters. The molecule has 2 aromatic rings. The topological polar surface area (TPSA) is 97.2 Å². The van der Waals surface area contributed by atoms with Crippen LogP contribution in [0, 0.1) is 5.82 Å². The van der Waals surface area contributed by atoms with Gasteiger partial charge >= 0.3 is 0 Å². The van der Waals surface area contributed by atoms with Crippen LogP contribution in [0.25, 0.3) is 0 Å². The minimum Gasteiger partial charge on any atom is -0.374 e. The van der Waals surface area contributed by atoms with Gasteiger partial charge in [-0.1, -0.05) is 0 Å². The number of halogens is 1. The largest absolute Gasteiger partial charge is 0.374 e. The zero-order valence-electron chi connectivity index (χ0n) is 14.8. The molecule has 1 saturated heterocycles. The first kappa shape index (κ1) is 18.1. The molecule has 0 saturated carbocycles. The van der Waals surface area contributed by atoms with Gasteiger partial charge in [-0.2, -0.15) is 10.1 Å². The zero-order valence-corrected chi connectivity index (χ0v) is 14.8. The lowest BCUT2D eigenvalue weighted by Crippen LogP contribution is -2.43. The molecule has 1 aliphatic heterocycles. The highest BCUT2D eigenvalue weighted by atomic mass is 19.1. The lowest BCUT2D eigenvalue weighted by atomic mass is 10.2. The van der Waals surface area contributed by atoms with Crippen LogP contribution in [-0.2, 0) is 11.8 Å². The predicted molar refractivity (Wildman–Crippen MR) is 96.1 cm³/mol. The Kier molecular flexibility index (Phi) is 5.61. The van der Waals surface area contributed by atoms with Gasteiger partial charge in [0.05, 0.1) is 30.8 Å². The number of aryl methyl sites for hydroxylation is 1. The second-order valence-corrected chi connectivity index (χ2v) is 5.97. The summed E-state index contributed by atoms with van der Waals surface area (Å²) in [5.41, 5.74) is 0.663. The SMILES string of the molecule is CNc1nc(NCC[C@@H]2CN(c3cnn(C)c(=O)c3)CCO2)ncc1F. The van der Waals surface area contributed by atoms with E-state index in [2.05, 4.69) is 30.6 Å². The minimum atomic E-state index is -0.494. The van der Waals surface area contributed by atoms with Gasteiger partial charge in [0.25, 0.3) is 5.56 Å². The summed E-state index contributed by atoms with van der Waals surface area (Å²) in [4.78, 5) is 21.8. The van der Waals surface area contributed by atoms with Crippen molar-refractivity contribution >= 4 is 17.5 Å². The fourth-order valence-electron chi connectivity index (χ4n) is 2.73. The van der Waals surface area contributed by atoms with Crippen LogP contribution >= 0.6 is 0 Å². The van der Waals surface area contributed by atoms with Gasteiger partial charge in [-0.15, -0.1) is 0 Å². The van der Waals surface area contributed by atoms with Crippen LogP contribution in [-0.4, -0.2) is 59.1 Å². The Labute approximate surface area is 150 Å². The van der Waals surface area contributed by atoms with E-state index >= 15 is 0 Å². The molecule has 2 N–H and O–H groups in total. The number of morpholine rings is 1. The quantitative estimate of drug-likeness (QED) is 0.764. The first-order chi connectivity index (χ1) is 12.6. The molecule has 2 aromatic heterocycles. The Hall–Kier alpha value is -2.75. The molecule has 0 spiro atoms. The van der Waals surface area contributed by atoms with Crippen molar-refractivity contribution < 1.29 is 9.13 Å². The van der Waals surface area contributed by atoms with E-state index < -0.39 is 5.82 Å². The third-order valence-electron chi connectivity index (χ3n) is 4.19. The van der Waals surface area contributed by atoms with E-state index in [1.54, 1.807) is 26.4 Å². The van der Waals surface area contributed by atoms with E-state index in [4.69, 9.17) is 4.74 Å². The summed E-state index contributed by atoms with van der Waals surface area (Å²) in [6.07, 6.45) is 3.55. The van der Waals surface area contributed by atoms with Crippen molar-refractivity contribution in [3.63, 3.8) is 0 Å². The van der Waals surface area contributed by atoms with Crippen molar-refractivity contribution in [1.29, 1.82) is 0 Å².